The minimum Gasteiger partial charge on any atom is -0.341 e. The summed E-state index contributed by atoms with van der Waals surface area (Å²) in [6.07, 6.45) is 16.5. The SMILES string of the molecule is C#C.C(#Cc1cccc(-c2cnc([C@@H]3CCCN3)[nH]2)c1)c1cccc(-c2cnc([C@@H]3CCCN3)[nH]2)c1. The second kappa shape index (κ2) is 11.1. The molecule has 36 heavy (non-hydrogen) atoms. The van der Waals surface area contributed by atoms with Gasteiger partial charge < -0.3 is 20.6 Å². The summed E-state index contributed by atoms with van der Waals surface area (Å²) in [4.78, 5) is 16.2. The van der Waals surface area contributed by atoms with Gasteiger partial charge >= 0.3 is 0 Å². The average molecular weight is 475 g/mol. The number of rotatable bonds is 4. The fourth-order valence-electron chi connectivity index (χ4n) is 4.83. The van der Waals surface area contributed by atoms with E-state index in [-0.39, 0.29) is 0 Å². The summed E-state index contributed by atoms with van der Waals surface area (Å²) in [5, 5.41) is 6.99. The van der Waals surface area contributed by atoms with Crippen molar-refractivity contribution < 1.29 is 0 Å². The van der Waals surface area contributed by atoms with E-state index in [0.29, 0.717) is 12.1 Å². The van der Waals surface area contributed by atoms with Crippen LogP contribution in [0.1, 0.15) is 60.5 Å². The van der Waals surface area contributed by atoms with Crippen LogP contribution in [0.5, 0.6) is 0 Å². The van der Waals surface area contributed by atoms with Gasteiger partial charge in [-0.15, -0.1) is 12.8 Å². The van der Waals surface area contributed by atoms with Crippen molar-refractivity contribution in [3.05, 3.63) is 83.7 Å². The van der Waals surface area contributed by atoms with Gasteiger partial charge in [-0.05, 0) is 63.0 Å². The summed E-state index contributed by atoms with van der Waals surface area (Å²) in [6.45, 7) is 2.12. The third kappa shape index (κ3) is 5.26. The molecule has 0 unspecified atom stereocenters. The molecule has 2 aliphatic rings. The molecule has 0 aliphatic carbocycles. The number of imidazole rings is 2. The predicted molar refractivity (Wildman–Crippen MR) is 144 cm³/mol. The van der Waals surface area contributed by atoms with E-state index in [4.69, 9.17) is 0 Å². The fourth-order valence-corrected chi connectivity index (χ4v) is 4.83. The molecule has 0 bridgehead atoms. The Bertz CT molecular complexity index is 1290. The van der Waals surface area contributed by atoms with Crippen molar-refractivity contribution in [1.82, 2.24) is 30.6 Å². The van der Waals surface area contributed by atoms with Gasteiger partial charge in [-0.25, -0.2) is 9.97 Å². The molecule has 2 fully saturated rings. The molecule has 0 radical (unpaired) electrons. The smallest absolute Gasteiger partial charge is 0.123 e. The van der Waals surface area contributed by atoms with E-state index < -0.39 is 0 Å². The van der Waals surface area contributed by atoms with Crippen molar-refractivity contribution in [1.29, 1.82) is 0 Å². The Hall–Kier alpha value is -4.10. The number of aromatic amines is 2. The monoisotopic (exact) mass is 474 g/mol. The van der Waals surface area contributed by atoms with Crippen molar-refractivity contribution in [2.45, 2.75) is 37.8 Å². The van der Waals surface area contributed by atoms with Crippen LogP contribution in [0, 0.1) is 24.7 Å². The largest absolute Gasteiger partial charge is 0.341 e. The number of hydrogen-bond donors (Lipinski definition) is 4. The molecule has 4 N–H and O–H groups in total. The predicted octanol–water partition coefficient (Wildman–Crippen LogP) is 4.97. The molecule has 0 amide bonds. The molecule has 2 aromatic carbocycles. The Balaban J connectivity index is 0.00000130. The summed E-state index contributed by atoms with van der Waals surface area (Å²) in [5.41, 5.74) is 6.22. The maximum absolute atomic E-state index is 4.60. The lowest BCUT2D eigenvalue weighted by atomic mass is 10.1. The first kappa shape index (κ1) is 23.6. The lowest BCUT2D eigenvalue weighted by Crippen LogP contribution is -2.14. The van der Waals surface area contributed by atoms with Crippen molar-refractivity contribution in [2.75, 3.05) is 13.1 Å². The molecule has 180 valence electrons. The van der Waals surface area contributed by atoms with Gasteiger partial charge in [0.2, 0.25) is 0 Å². The lowest BCUT2D eigenvalue weighted by molar-refractivity contribution is 0.613. The van der Waals surface area contributed by atoms with Crippen molar-refractivity contribution in [3.63, 3.8) is 0 Å². The third-order valence-corrected chi connectivity index (χ3v) is 6.67. The van der Waals surface area contributed by atoms with Gasteiger partial charge in [0.25, 0.3) is 0 Å². The van der Waals surface area contributed by atoms with Crippen LogP contribution in [0.4, 0.5) is 0 Å². The quantitative estimate of drug-likeness (QED) is 0.315. The lowest BCUT2D eigenvalue weighted by Gasteiger charge is -2.05. The fraction of sp³-hybridized carbons (Fsp3) is 0.267. The number of nitrogens with zero attached hydrogens (tertiary/aromatic N) is 2. The summed E-state index contributed by atoms with van der Waals surface area (Å²) < 4.78 is 0. The molecule has 6 nitrogen and oxygen atoms in total. The number of terminal acetylenes is 1. The van der Waals surface area contributed by atoms with Crippen LogP contribution < -0.4 is 10.6 Å². The second-order valence-electron chi connectivity index (χ2n) is 9.07. The molecule has 0 spiro atoms. The topological polar surface area (TPSA) is 81.4 Å². The standard InChI is InChI=1S/C28H28N6.C2H2/c1-5-19(15-21(7-1)25-17-31-27(33-25)23-9-3-13-29-23)11-12-20-6-2-8-22(16-20)26-18-32-28(34-26)24-10-4-14-30-24;1-2/h1-2,5-8,15-18,23-24,29-30H,3-4,9-10,13-14H2,(H,31,33)(H,32,34);1-2H/t23-,24-;/m0./s1. The number of hydrogen-bond acceptors (Lipinski definition) is 4. The maximum atomic E-state index is 4.60. The van der Waals surface area contributed by atoms with Crippen LogP contribution >= 0.6 is 0 Å². The summed E-state index contributed by atoms with van der Waals surface area (Å²) >= 11 is 0. The van der Waals surface area contributed by atoms with E-state index >= 15 is 0 Å². The molecule has 6 rings (SSSR count). The van der Waals surface area contributed by atoms with E-state index in [2.05, 4.69) is 79.5 Å². The maximum Gasteiger partial charge on any atom is 0.123 e. The van der Waals surface area contributed by atoms with Crippen LogP contribution in [-0.2, 0) is 0 Å². The first-order valence-corrected chi connectivity index (χ1v) is 12.4. The molecule has 2 aliphatic heterocycles. The van der Waals surface area contributed by atoms with Crippen molar-refractivity contribution in [3.8, 4) is 47.2 Å². The minimum absolute atomic E-state index is 0.337. The summed E-state index contributed by atoms with van der Waals surface area (Å²) in [7, 11) is 0. The van der Waals surface area contributed by atoms with Gasteiger partial charge in [0.15, 0.2) is 0 Å². The molecule has 2 aromatic heterocycles. The Morgan fingerprint density at radius 1 is 0.694 bits per heavy atom. The number of nitrogens with one attached hydrogen (secondary N) is 4. The zero-order valence-corrected chi connectivity index (χ0v) is 20.2. The third-order valence-electron chi connectivity index (χ3n) is 6.67. The highest BCUT2D eigenvalue weighted by Gasteiger charge is 2.20. The van der Waals surface area contributed by atoms with E-state index in [9.17, 15) is 0 Å². The number of benzene rings is 2. The van der Waals surface area contributed by atoms with Gasteiger partial charge in [-0.2, -0.15) is 0 Å². The molecule has 2 saturated heterocycles. The van der Waals surface area contributed by atoms with E-state index in [1.165, 1.54) is 12.8 Å². The van der Waals surface area contributed by atoms with Crippen LogP contribution in [0.15, 0.2) is 60.9 Å². The molecule has 4 aromatic rings. The second-order valence-corrected chi connectivity index (χ2v) is 9.07. The Labute approximate surface area is 212 Å². The van der Waals surface area contributed by atoms with Gasteiger partial charge in [-0.3, -0.25) is 0 Å². The van der Waals surface area contributed by atoms with Crippen molar-refractivity contribution in [2.24, 2.45) is 0 Å². The van der Waals surface area contributed by atoms with Gasteiger partial charge in [0.05, 0.1) is 35.9 Å². The first-order chi connectivity index (χ1) is 17.8. The Morgan fingerprint density at radius 3 is 1.58 bits per heavy atom. The number of H-pyrrole nitrogens is 2. The molecule has 0 saturated carbocycles. The van der Waals surface area contributed by atoms with Crippen LogP contribution in [0.3, 0.4) is 0 Å². The highest BCUT2D eigenvalue weighted by atomic mass is 15.0. The van der Waals surface area contributed by atoms with Gasteiger partial charge in [0.1, 0.15) is 11.6 Å². The van der Waals surface area contributed by atoms with Gasteiger partial charge in [-0.1, -0.05) is 36.1 Å². The van der Waals surface area contributed by atoms with E-state index in [1.54, 1.807) is 0 Å². The van der Waals surface area contributed by atoms with Crippen molar-refractivity contribution >= 4 is 0 Å². The van der Waals surface area contributed by atoms with Crippen LogP contribution in [0.2, 0.25) is 0 Å². The molecule has 4 heterocycles. The minimum atomic E-state index is 0.337. The van der Waals surface area contributed by atoms with Crippen LogP contribution in [0.25, 0.3) is 22.5 Å². The molecular formula is C30H30N6. The molecule has 6 heteroatoms. The van der Waals surface area contributed by atoms with E-state index in [0.717, 1.165) is 71.2 Å². The van der Waals surface area contributed by atoms with Crippen LogP contribution in [-0.4, -0.2) is 33.0 Å². The summed E-state index contributed by atoms with van der Waals surface area (Å²) in [5.74, 6) is 8.70. The summed E-state index contributed by atoms with van der Waals surface area (Å²) in [6, 6.07) is 17.3. The Morgan fingerprint density at radius 2 is 1.17 bits per heavy atom. The normalized spacial score (nSPS) is 18.7. The Kier molecular flexibility index (Phi) is 7.28. The first-order valence-electron chi connectivity index (χ1n) is 12.4. The zero-order valence-electron chi connectivity index (χ0n) is 20.2. The highest BCUT2D eigenvalue weighted by molar-refractivity contribution is 5.63. The van der Waals surface area contributed by atoms with Gasteiger partial charge in [0, 0.05) is 22.3 Å². The average Bonchev–Trinajstić information content (AvgIpc) is 3.75. The zero-order chi connectivity index (χ0) is 24.7. The highest BCUT2D eigenvalue weighted by Crippen LogP contribution is 2.26. The number of aromatic nitrogens is 4. The van der Waals surface area contributed by atoms with E-state index in [1.807, 2.05) is 36.7 Å². The molecular weight excluding hydrogens is 444 g/mol. The molecule has 2 atom stereocenters.